The lowest BCUT2D eigenvalue weighted by molar-refractivity contribution is 0.0977. The van der Waals surface area contributed by atoms with E-state index < -0.39 is 0 Å². The summed E-state index contributed by atoms with van der Waals surface area (Å²) in [5.41, 5.74) is 0. The van der Waals surface area contributed by atoms with Crippen LogP contribution < -0.4 is 4.74 Å². The van der Waals surface area contributed by atoms with E-state index in [4.69, 9.17) is 4.74 Å². The van der Waals surface area contributed by atoms with E-state index >= 15 is 0 Å². The van der Waals surface area contributed by atoms with Crippen LogP contribution >= 0.6 is 23.5 Å². The van der Waals surface area contributed by atoms with Crippen LogP contribution in [-0.2, 0) is 0 Å². The number of ether oxygens (including phenoxy) is 1. The van der Waals surface area contributed by atoms with Crippen LogP contribution in [0.3, 0.4) is 0 Å². The van der Waals surface area contributed by atoms with E-state index in [1.807, 2.05) is 0 Å². The van der Waals surface area contributed by atoms with E-state index in [0.29, 0.717) is 9.49 Å². The Kier molecular flexibility index (Phi) is 3.23. The predicted molar refractivity (Wildman–Crippen MR) is 90.5 cm³/mol. The molecule has 0 heterocycles. The molecule has 3 aliphatic rings. The second kappa shape index (κ2) is 4.99. The van der Waals surface area contributed by atoms with Gasteiger partial charge in [-0.15, -0.1) is 23.5 Å². The van der Waals surface area contributed by atoms with Gasteiger partial charge in [-0.2, -0.15) is 0 Å². The van der Waals surface area contributed by atoms with Crippen LogP contribution in [0.1, 0.15) is 19.3 Å². The maximum absolute atomic E-state index is 5.22. The fourth-order valence-corrected chi connectivity index (χ4v) is 7.39. The summed E-state index contributed by atoms with van der Waals surface area (Å²) in [6.07, 6.45) is 4.03. The van der Waals surface area contributed by atoms with Gasteiger partial charge in [-0.3, -0.25) is 0 Å². The Balaban J connectivity index is 1.36. The Bertz CT molecular complexity index is 616. The zero-order chi connectivity index (χ0) is 14.3. The number of hydrogen-bond donors (Lipinski definition) is 0. The monoisotopic (exact) mass is 314 g/mol. The Labute approximate surface area is 134 Å². The molecule has 0 spiro atoms. The Morgan fingerprint density at radius 1 is 0.762 bits per heavy atom. The fourth-order valence-electron chi connectivity index (χ4n) is 3.45. The molecule has 0 N–H and O–H groups in total. The molecule has 3 aliphatic carbocycles. The van der Waals surface area contributed by atoms with Crippen LogP contribution in [0, 0.1) is 0 Å². The Hall–Kier alpha value is -1.06. The molecule has 5 rings (SSSR count). The minimum atomic E-state index is 0.510. The van der Waals surface area contributed by atoms with E-state index in [2.05, 4.69) is 78.1 Å². The molecule has 21 heavy (non-hydrogen) atoms. The molecule has 2 aromatic carbocycles. The molecular formula is C18H18OS2. The third kappa shape index (κ3) is 2.47. The van der Waals surface area contributed by atoms with Gasteiger partial charge < -0.3 is 4.74 Å². The maximum Gasteiger partial charge on any atom is 0.118 e. The van der Waals surface area contributed by atoms with E-state index in [0.717, 1.165) is 5.75 Å². The van der Waals surface area contributed by atoms with Gasteiger partial charge >= 0.3 is 0 Å². The van der Waals surface area contributed by atoms with Crippen molar-refractivity contribution in [3.63, 3.8) is 0 Å². The van der Waals surface area contributed by atoms with Gasteiger partial charge in [-0.05, 0) is 55.7 Å². The van der Waals surface area contributed by atoms with Crippen molar-refractivity contribution in [3.05, 3.63) is 54.6 Å². The fraction of sp³-hybridized carbons (Fsp3) is 0.333. The van der Waals surface area contributed by atoms with Crippen LogP contribution in [0.2, 0.25) is 0 Å². The summed E-state index contributed by atoms with van der Waals surface area (Å²) in [6, 6.07) is 19.3. The number of thioether (sulfide) groups is 2. The third-order valence-electron chi connectivity index (χ3n) is 4.40. The summed E-state index contributed by atoms with van der Waals surface area (Å²) in [7, 11) is 1.72. The highest BCUT2D eigenvalue weighted by Crippen LogP contribution is 2.75. The summed E-state index contributed by atoms with van der Waals surface area (Å²) in [6.45, 7) is 0. The first-order valence-corrected chi connectivity index (χ1v) is 8.92. The highest BCUT2D eigenvalue weighted by atomic mass is 32.2. The lowest BCUT2D eigenvalue weighted by Crippen LogP contribution is -2.68. The van der Waals surface area contributed by atoms with Crippen molar-refractivity contribution >= 4 is 23.5 Å². The molecule has 2 aromatic rings. The molecule has 0 unspecified atom stereocenters. The van der Waals surface area contributed by atoms with Crippen molar-refractivity contribution in [2.45, 2.75) is 38.5 Å². The highest BCUT2D eigenvalue weighted by Gasteiger charge is 2.68. The quantitative estimate of drug-likeness (QED) is 0.745. The van der Waals surface area contributed by atoms with Gasteiger partial charge in [0.15, 0.2) is 0 Å². The van der Waals surface area contributed by atoms with Crippen molar-refractivity contribution < 1.29 is 4.74 Å². The largest absolute Gasteiger partial charge is 0.497 e. The van der Waals surface area contributed by atoms with Crippen molar-refractivity contribution in [3.8, 4) is 5.75 Å². The van der Waals surface area contributed by atoms with Gasteiger partial charge in [0.1, 0.15) is 5.75 Å². The van der Waals surface area contributed by atoms with Crippen molar-refractivity contribution in [1.82, 2.24) is 0 Å². The van der Waals surface area contributed by atoms with Crippen molar-refractivity contribution in [2.24, 2.45) is 0 Å². The van der Waals surface area contributed by atoms with Crippen molar-refractivity contribution in [1.29, 1.82) is 0 Å². The molecule has 0 atom stereocenters. The topological polar surface area (TPSA) is 9.23 Å². The number of methoxy groups -OCH3 is 1. The minimum Gasteiger partial charge on any atom is -0.497 e. The predicted octanol–water partition coefficient (Wildman–Crippen LogP) is 5.25. The van der Waals surface area contributed by atoms with Gasteiger partial charge in [0.05, 0.1) is 7.11 Å². The zero-order valence-corrected chi connectivity index (χ0v) is 13.7. The molecule has 0 radical (unpaired) electrons. The third-order valence-corrected chi connectivity index (χ3v) is 7.15. The maximum atomic E-state index is 5.22. The summed E-state index contributed by atoms with van der Waals surface area (Å²) in [5.74, 6) is 0.938. The molecule has 3 heteroatoms. The SMILES string of the molecule is COc1ccc(SC23CC(Sc4ccccc4)(C2)C3)cc1. The van der Waals surface area contributed by atoms with Gasteiger partial charge in [0.25, 0.3) is 0 Å². The molecule has 0 aromatic heterocycles. The number of hydrogen-bond acceptors (Lipinski definition) is 3. The van der Waals surface area contributed by atoms with Crippen LogP contribution in [0.25, 0.3) is 0 Å². The van der Waals surface area contributed by atoms with Crippen LogP contribution in [0.4, 0.5) is 0 Å². The van der Waals surface area contributed by atoms with Crippen LogP contribution in [0.15, 0.2) is 64.4 Å². The minimum absolute atomic E-state index is 0.510. The Morgan fingerprint density at radius 3 is 1.81 bits per heavy atom. The molecular weight excluding hydrogens is 296 g/mol. The standard InChI is InChI=1S/C18H18OS2/c1-19-14-7-9-16(10-8-14)21-18-11-17(12-18,13-18)20-15-5-3-2-4-6-15/h2-10H,11-13H2,1H3. The normalized spacial score (nSPS) is 29.4. The molecule has 0 amide bonds. The number of rotatable bonds is 5. The highest BCUT2D eigenvalue weighted by molar-refractivity contribution is 8.03. The molecule has 0 saturated heterocycles. The summed E-state index contributed by atoms with van der Waals surface area (Å²) < 4.78 is 6.26. The lowest BCUT2D eigenvalue weighted by atomic mass is 9.54. The first-order valence-electron chi connectivity index (χ1n) is 7.28. The molecule has 108 valence electrons. The van der Waals surface area contributed by atoms with Gasteiger partial charge in [0, 0.05) is 19.3 Å². The van der Waals surface area contributed by atoms with E-state index in [-0.39, 0.29) is 0 Å². The van der Waals surface area contributed by atoms with Gasteiger partial charge in [-0.1, -0.05) is 18.2 Å². The van der Waals surface area contributed by atoms with Gasteiger partial charge in [-0.25, -0.2) is 0 Å². The number of benzene rings is 2. The second-order valence-electron chi connectivity index (χ2n) is 6.09. The zero-order valence-electron chi connectivity index (χ0n) is 12.0. The van der Waals surface area contributed by atoms with Crippen LogP contribution in [0.5, 0.6) is 5.75 Å². The lowest BCUT2D eigenvalue weighted by Gasteiger charge is -2.69. The Morgan fingerprint density at radius 2 is 1.29 bits per heavy atom. The summed E-state index contributed by atoms with van der Waals surface area (Å²) >= 11 is 4.14. The first-order chi connectivity index (χ1) is 10.2. The molecule has 3 fully saturated rings. The van der Waals surface area contributed by atoms with Crippen LogP contribution in [-0.4, -0.2) is 16.6 Å². The molecule has 3 saturated carbocycles. The summed E-state index contributed by atoms with van der Waals surface area (Å²) in [4.78, 5) is 2.79. The van der Waals surface area contributed by atoms with Gasteiger partial charge in [0.2, 0.25) is 0 Å². The first kappa shape index (κ1) is 13.6. The second-order valence-corrected chi connectivity index (χ2v) is 9.17. The van der Waals surface area contributed by atoms with E-state index in [1.165, 1.54) is 29.1 Å². The smallest absolute Gasteiger partial charge is 0.118 e. The summed E-state index contributed by atoms with van der Waals surface area (Å²) in [5, 5.41) is 0. The van der Waals surface area contributed by atoms with Crippen molar-refractivity contribution in [2.75, 3.05) is 7.11 Å². The molecule has 0 aliphatic heterocycles. The average molecular weight is 314 g/mol. The molecule has 2 bridgehead atoms. The van der Waals surface area contributed by atoms with E-state index in [1.54, 1.807) is 7.11 Å². The molecule has 1 nitrogen and oxygen atoms in total. The van der Waals surface area contributed by atoms with E-state index in [9.17, 15) is 0 Å². The average Bonchev–Trinajstić information content (AvgIpc) is 2.45.